The summed E-state index contributed by atoms with van der Waals surface area (Å²) in [7, 11) is 0. The zero-order valence-electron chi connectivity index (χ0n) is 15.0. The minimum Gasteiger partial charge on any atom is -0.465 e. The average molecular weight is 375 g/mol. The van der Waals surface area contributed by atoms with E-state index in [9.17, 15) is 14.4 Å². The van der Waals surface area contributed by atoms with Crippen LogP contribution in [0.4, 0.5) is 0 Å². The van der Waals surface area contributed by atoms with Gasteiger partial charge in [0.1, 0.15) is 11.2 Å². The van der Waals surface area contributed by atoms with E-state index < -0.39 is 11.9 Å². The summed E-state index contributed by atoms with van der Waals surface area (Å²) in [6.45, 7) is 5.56. The van der Waals surface area contributed by atoms with E-state index in [0.717, 1.165) is 22.5 Å². The molecule has 0 bridgehead atoms. The first-order valence-electron chi connectivity index (χ1n) is 8.26. The first-order chi connectivity index (χ1) is 12.4. The summed E-state index contributed by atoms with van der Waals surface area (Å²) in [5.74, 6) is -1.10. The highest BCUT2D eigenvalue weighted by molar-refractivity contribution is 7.07. The van der Waals surface area contributed by atoms with Gasteiger partial charge in [-0.1, -0.05) is 29.8 Å². The Morgan fingerprint density at radius 1 is 1.12 bits per heavy atom. The van der Waals surface area contributed by atoms with Gasteiger partial charge in [-0.05, 0) is 32.4 Å². The second-order valence-electron chi connectivity index (χ2n) is 5.45. The SMILES string of the molecule is CCOC(=O)/C=c1\s/c(=C\c2ccc(C)cc2)c(=O)n1CC(=O)OCC. The summed E-state index contributed by atoms with van der Waals surface area (Å²) in [5, 5.41) is 0. The van der Waals surface area contributed by atoms with Crippen LogP contribution in [-0.2, 0) is 25.6 Å². The normalized spacial score (nSPS) is 12.3. The number of hydrogen-bond donors (Lipinski definition) is 0. The molecular weight excluding hydrogens is 354 g/mol. The van der Waals surface area contributed by atoms with Crippen LogP contribution in [0.15, 0.2) is 29.1 Å². The molecule has 138 valence electrons. The topological polar surface area (TPSA) is 74.6 Å². The lowest BCUT2D eigenvalue weighted by Gasteiger charge is -2.02. The molecule has 0 spiro atoms. The zero-order chi connectivity index (χ0) is 19.1. The molecular formula is C19H21NO5S. The monoisotopic (exact) mass is 375 g/mol. The second kappa shape index (κ2) is 9.15. The van der Waals surface area contributed by atoms with Gasteiger partial charge in [0.05, 0.1) is 23.8 Å². The maximum Gasteiger partial charge on any atom is 0.333 e. The molecule has 6 nitrogen and oxygen atoms in total. The van der Waals surface area contributed by atoms with Gasteiger partial charge >= 0.3 is 11.9 Å². The highest BCUT2D eigenvalue weighted by Crippen LogP contribution is 2.03. The molecule has 0 atom stereocenters. The lowest BCUT2D eigenvalue weighted by molar-refractivity contribution is -0.144. The second-order valence-corrected chi connectivity index (χ2v) is 6.51. The summed E-state index contributed by atoms with van der Waals surface area (Å²) in [6, 6.07) is 7.70. The molecule has 0 radical (unpaired) electrons. The van der Waals surface area contributed by atoms with Crippen molar-refractivity contribution in [3.63, 3.8) is 0 Å². The Morgan fingerprint density at radius 3 is 2.38 bits per heavy atom. The maximum atomic E-state index is 12.7. The Balaban J connectivity index is 2.55. The Bertz CT molecular complexity index is 953. The predicted octanol–water partition coefficient (Wildman–Crippen LogP) is 0.954. The van der Waals surface area contributed by atoms with E-state index in [1.54, 1.807) is 19.9 Å². The minimum atomic E-state index is -0.562. The molecule has 0 aliphatic rings. The zero-order valence-corrected chi connectivity index (χ0v) is 15.8. The molecule has 7 heteroatoms. The quantitative estimate of drug-likeness (QED) is 0.703. The number of rotatable bonds is 6. The Labute approximate surface area is 155 Å². The van der Waals surface area contributed by atoms with Gasteiger partial charge < -0.3 is 9.47 Å². The number of ether oxygens (including phenoxy) is 2. The summed E-state index contributed by atoms with van der Waals surface area (Å²) in [5.41, 5.74) is 1.63. The molecule has 26 heavy (non-hydrogen) atoms. The van der Waals surface area contributed by atoms with Crippen LogP contribution in [0.25, 0.3) is 12.2 Å². The van der Waals surface area contributed by atoms with Gasteiger partial charge in [0, 0.05) is 0 Å². The summed E-state index contributed by atoms with van der Waals surface area (Å²) >= 11 is 1.13. The molecule has 0 N–H and O–H groups in total. The van der Waals surface area contributed by atoms with Crippen molar-refractivity contribution in [3.05, 3.63) is 54.9 Å². The first kappa shape index (κ1) is 19.7. The Kier molecular flexibility index (Phi) is 6.91. The van der Waals surface area contributed by atoms with E-state index in [0.29, 0.717) is 9.20 Å². The smallest absolute Gasteiger partial charge is 0.333 e. The van der Waals surface area contributed by atoms with E-state index in [2.05, 4.69) is 0 Å². The van der Waals surface area contributed by atoms with Gasteiger partial charge in [-0.15, -0.1) is 11.3 Å². The van der Waals surface area contributed by atoms with Gasteiger partial charge in [0.25, 0.3) is 5.56 Å². The third kappa shape index (κ3) is 5.16. The molecule has 0 aliphatic carbocycles. The number of hydrogen-bond acceptors (Lipinski definition) is 6. The van der Waals surface area contributed by atoms with E-state index in [4.69, 9.17) is 9.47 Å². The van der Waals surface area contributed by atoms with Crippen molar-refractivity contribution in [2.75, 3.05) is 13.2 Å². The summed E-state index contributed by atoms with van der Waals surface area (Å²) < 4.78 is 11.8. The number of esters is 2. The van der Waals surface area contributed by atoms with Crippen molar-refractivity contribution in [2.24, 2.45) is 0 Å². The molecule has 0 saturated heterocycles. The number of carbonyl (C=O) groups is 2. The molecule has 0 amide bonds. The molecule has 2 rings (SSSR count). The van der Waals surface area contributed by atoms with Crippen molar-refractivity contribution in [1.29, 1.82) is 0 Å². The van der Waals surface area contributed by atoms with Crippen molar-refractivity contribution < 1.29 is 19.1 Å². The number of aryl methyl sites for hydroxylation is 1. The van der Waals surface area contributed by atoms with Crippen molar-refractivity contribution >= 4 is 35.4 Å². The Hall–Kier alpha value is -2.67. The maximum absolute atomic E-state index is 12.7. The lowest BCUT2D eigenvalue weighted by atomic mass is 10.1. The van der Waals surface area contributed by atoms with E-state index >= 15 is 0 Å². The molecule has 0 aliphatic heterocycles. The highest BCUT2D eigenvalue weighted by Gasteiger charge is 2.11. The fraction of sp³-hybridized carbons (Fsp3) is 0.316. The number of nitrogens with zero attached hydrogens (tertiary/aromatic N) is 1. The molecule has 1 heterocycles. The van der Waals surface area contributed by atoms with Gasteiger partial charge in [0.2, 0.25) is 0 Å². The van der Waals surface area contributed by atoms with Crippen LogP contribution in [0.1, 0.15) is 25.0 Å². The van der Waals surface area contributed by atoms with Crippen molar-refractivity contribution in [1.82, 2.24) is 4.57 Å². The van der Waals surface area contributed by atoms with Crippen LogP contribution >= 0.6 is 11.3 Å². The van der Waals surface area contributed by atoms with E-state index in [-0.39, 0.29) is 25.3 Å². The molecule has 1 aromatic heterocycles. The minimum absolute atomic E-state index is 0.219. The molecule has 0 saturated carbocycles. The average Bonchev–Trinajstić information content (AvgIpc) is 2.86. The Morgan fingerprint density at radius 2 is 1.77 bits per heavy atom. The summed E-state index contributed by atoms with van der Waals surface area (Å²) in [4.78, 5) is 36.3. The highest BCUT2D eigenvalue weighted by atomic mass is 32.1. The predicted molar refractivity (Wildman–Crippen MR) is 100 cm³/mol. The van der Waals surface area contributed by atoms with Gasteiger partial charge in [-0.2, -0.15) is 0 Å². The third-order valence-corrected chi connectivity index (χ3v) is 4.49. The molecule has 1 aromatic carbocycles. The summed E-state index contributed by atoms with van der Waals surface area (Å²) in [6.07, 6.45) is 2.96. The van der Waals surface area contributed by atoms with Crippen LogP contribution in [0.2, 0.25) is 0 Å². The third-order valence-electron chi connectivity index (χ3n) is 3.43. The molecule has 0 unspecified atom stereocenters. The lowest BCUT2D eigenvalue weighted by Crippen LogP contribution is -2.35. The van der Waals surface area contributed by atoms with Crippen LogP contribution < -0.4 is 14.8 Å². The van der Waals surface area contributed by atoms with Crippen LogP contribution in [0.5, 0.6) is 0 Å². The van der Waals surface area contributed by atoms with E-state index in [1.807, 2.05) is 31.2 Å². The van der Waals surface area contributed by atoms with Gasteiger partial charge in [-0.25, -0.2) is 4.79 Å². The number of benzene rings is 1. The first-order valence-corrected chi connectivity index (χ1v) is 9.08. The van der Waals surface area contributed by atoms with Gasteiger partial charge in [0.15, 0.2) is 0 Å². The number of thiazole rings is 1. The van der Waals surface area contributed by atoms with Crippen LogP contribution in [0, 0.1) is 6.92 Å². The fourth-order valence-corrected chi connectivity index (χ4v) is 3.26. The van der Waals surface area contributed by atoms with Gasteiger partial charge in [-0.3, -0.25) is 14.2 Å². The van der Waals surface area contributed by atoms with Crippen LogP contribution in [-0.4, -0.2) is 29.7 Å². The number of carbonyl (C=O) groups excluding carboxylic acids is 2. The van der Waals surface area contributed by atoms with Crippen LogP contribution in [0.3, 0.4) is 0 Å². The molecule has 0 fully saturated rings. The fourth-order valence-electron chi connectivity index (χ4n) is 2.23. The number of aromatic nitrogens is 1. The standard InChI is InChI=1S/C19H21NO5S/c1-4-24-17(21)11-16-20(12-18(22)25-5-2)19(23)15(26-16)10-14-8-6-13(3)7-9-14/h6-11H,4-5,12H2,1-3H3/b15-10-,16-11-. The largest absolute Gasteiger partial charge is 0.465 e. The van der Waals surface area contributed by atoms with E-state index in [1.165, 1.54) is 10.6 Å². The van der Waals surface area contributed by atoms with Crippen molar-refractivity contribution in [3.8, 4) is 0 Å². The van der Waals surface area contributed by atoms with Crippen molar-refractivity contribution in [2.45, 2.75) is 27.3 Å². The molecule has 2 aromatic rings.